The molecular weight excluding hydrogens is 272 g/mol. The molecule has 2 aromatic heterocycles. The van der Waals surface area contributed by atoms with Crippen molar-refractivity contribution >= 4 is 22.9 Å². The molecule has 2 heterocycles. The quantitative estimate of drug-likeness (QED) is 0.746. The van der Waals surface area contributed by atoms with Crippen molar-refractivity contribution in [1.82, 2.24) is 19.9 Å². The smallest absolute Gasteiger partial charge is 0.296 e. The van der Waals surface area contributed by atoms with Crippen molar-refractivity contribution in [1.29, 1.82) is 0 Å². The summed E-state index contributed by atoms with van der Waals surface area (Å²) in [6, 6.07) is 10.5. The first-order chi connectivity index (χ1) is 9.70. The molecule has 0 aliphatic heterocycles. The van der Waals surface area contributed by atoms with Gasteiger partial charge in [0.2, 0.25) is 0 Å². The lowest BCUT2D eigenvalue weighted by Gasteiger charge is -2.03. The van der Waals surface area contributed by atoms with E-state index in [0.29, 0.717) is 16.8 Å². The van der Waals surface area contributed by atoms with Gasteiger partial charge in [0, 0.05) is 4.90 Å². The van der Waals surface area contributed by atoms with Gasteiger partial charge in [0.25, 0.3) is 6.01 Å². The number of imidazole rings is 1. The van der Waals surface area contributed by atoms with E-state index in [0.717, 1.165) is 10.4 Å². The molecule has 0 fully saturated rings. The fourth-order valence-electron chi connectivity index (χ4n) is 1.69. The molecule has 0 radical (unpaired) electrons. The molecule has 5 nitrogen and oxygen atoms in total. The van der Waals surface area contributed by atoms with Crippen molar-refractivity contribution in [2.75, 3.05) is 0 Å². The summed E-state index contributed by atoms with van der Waals surface area (Å²) in [6.45, 7) is 3.91. The topological polar surface area (TPSA) is 63.7 Å². The lowest BCUT2D eigenvalue weighted by Crippen LogP contribution is -2.06. The second-order valence-corrected chi connectivity index (χ2v) is 5.55. The summed E-state index contributed by atoms with van der Waals surface area (Å²) in [4.78, 5) is 17.2. The van der Waals surface area contributed by atoms with Gasteiger partial charge in [-0.15, -0.1) is 0 Å². The number of aromatic nitrogens is 4. The van der Waals surface area contributed by atoms with Crippen LogP contribution in [-0.4, -0.2) is 26.0 Å². The Morgan fingerprint density at radius 2 is 1.95 bits per heavy atom. The van der Waals surface area contributed by atoms with Crippen LogP contribution in [0.2, 0.25) is 0 Å². The number of benzene rings is 1. The average molecular weight is 286 g/mol. The summed E-state index contributed by atoms with van der Waals surface area (Å²) in [6.07, 6.45) is 1.80. The molecule has 0 aliphatic rings. The first kappa shape index (κ1) is 12.9. The Hall–Kier alpha value is -2.08. The van der Waals surface area contributed by atoms with Crippen LogP contribution >= 0.6 is 11.8 Å². The third-order valence-electron chi connectivity index (χ3n) is 2.50. The van der Waals surface area contributed by atoms with E-state index >= 15 is 0 Å². The Morgan fingerprint density at radius 3 is 2.70 bits per heavy atom. The Bertz CT molecular complexity index is 712. The van der Waals surface area contributed by atoms with Gasteiger partial charge in [-0.05, 0) is 37.7 Å². The number of aromatic amines is 1. The summed E-state index contributed by atoms with van der Waals surface area (Å²) >= 11 is 1.51. The average Bonchev–Trinajstić information content (AvgIpc) is 2.80. The largest absolute Gasteiger partial charge is 0.462 e. The standard InChI is InChI=1S/C14H14N4OS/c1-9(2)19-13-16-11-8-15-14(18-12(11)17-13)20-10-6-4-3-5-7-10/h3-9H,1-2H3,(H,15,16,17,18). The first-order valence-electron chi connectivity index (χ1n) is 6.33. The van der Waals surface area contributed by atoms with Crippen molar-refractivity contribution in [2.45, 2.75) is 30.0 Å². The van der Waals surface area contributed by atoms with Crippen LogP contribution < -0.4 is 4.74 Å². The normalized spacial score (nSPS) is 11.2. The summed E-state index contributed by atoms with van der Waals surface area (Å²) in [5.41, 5.74) is 1.40. The van der Waals surface area contributed by atoms with Crippen molar-refractivity contribution in [3.63, 3.8) is 0 Å². The highest BCUT2D eigenvalue weighted by atomic mass is 32.2. The maximum absolute atomic E-state index is 5.52. The van der Waals surface area contributed by atoms with Crippen LogP contribution in [-0.2, 0) is 0 Å². The molecule has 0 saturated heterocycles. The van der Waals surface area contributed by atoms with E-state index in [-0.39, 0.29) is 6.10 Å². The van der Waals surface area contributed by atoms with Gasteiger partial charge in [-0.1, -0.05) is 18.2 Å². The maximum Gasteiger partial charge on any atom is 0.296 e. The summed E-state index contributed by atoms with van der Waals surface area (Å²) < 4.78 is 5.52. The predicted molar refractivity (Wildman–Crippen MR) is 78.0 cm³/mol. The third-order valence-corrected chi connectivity index (χ3v) is 3.38. The van der Waals surface area contributed by atoms with Crippen molar-refractivity contribution in [3.8, 4) is 6.01 Å². The highest BCUT2D eigenvalue weighted by molar-refractivity contribution is 7.99. The van der Waals surface area contributed by atoms with Crippen LogP contribution in [0.25, 0.3) is 11.2 Å². The molecule has 6 heteroatoms. The molecule has 0 spiro atoms. The van der Waals surface area contributed by atoms with Crippen LogP contribution in [0, 0.1) is 0 Å². The van der Waals surface area contributed by atoms with E-state index in [1.807, 2.05) is 44.2 Å². The van der Waals surface area contributed by atoms with Gasteiger partial charge in [-0.2, -0.15) is 4.98 Å². The fraction of sp³-hybridized carbons (Fsp3) is 0.214. The number of nitrogens with one attached hydrogen (secondary N) is 1. The SMILES string of the molecule is CC(C)Oc1nc2nc(Sc3ccccc3)ncc2[nH]1. The van der Waals surface area contributed by atoms with Crippen LogP contribution in [0.3, 0.4) is 0 Å². The summed E-state index contributed by atoms with van der Waals surface area (Å²) in [5.74, 6) is 0. The number of hydrogen-bond acceptors (Lipinski definition) is 5. The molecule has 0 atom stereocenters. The number of hydrogen-bond donors (Lipinski definition) is 1. The zero-order chi connectivity index (χ0) is 13.9. The summed E-state index contributed by atoms with van der Waals surface area (Å²) in [7, 11) is 0. The van der Waals surface area contributed by atoms with Gasteiger partial charge < -0.3 is 9.72 Å². The highest BCUT2D eigenvalue weighted by Crippen LogP contribution is 2.25. The van der Waals surface area contributed by atoms with E-state index in [1.54, 1.807) is 6.20 Å². The molecule has 0 saturated carbocycles. The number of nitrogens with zero attached hydrogens (tertiary/aromatic N) is 3. The second kappa shape index (κ2) is 5.50. The Labute approximate surface area is 120 Å². The second-order valence-electron chi connectivity index (χ2n) is 4.51. The molecule has 0 aliphatic carbocycles. The summed E-state index contributed by atoms with van der Waals surface area (Å²) in [5, 5.41) is 0.672. The maximum atomic E-state index is 5.52. The molecular formula is C14H14N4OS. The molecule has 0 bridgehead atoms. The highest BCUT2D eigenvalue weighted by Gasteiger charge is 2.09. The molecule has 1 aromatic carbocycles. The molecule has 3 rings (SSSR count). The van der Waals surface area contributed by atoms with Crippen LogP contribution in [0.5, 0.6) is 6.01 Å². The lowest BCUT2D eigenvalue weighted by molar-refractivity contribution is 0.225. The minimum atomic E-state index is 0.0710. The lowest BCUT2D eigenvalue weighted by atomic mass is 10.4. The predicted octanol–water partition coefficient (Wildman–Crippen LogP) is 3.29. The van der Waals surface area contributed by atoms with E-state index in [2.05, 4.69) is 19.9 Å². The molecule has 0 amide bonds. The van der Waals surface area contributed by atoms with Gasteiger partial charge >= 0.3 is 0 Å². The monoisotopic (exact) mass is 286 g/mol. The van der Waals surface area contributed by atoms with Crippen LogP contribution in [0.4, 0.5) is 0 Å². The van der Waals surface area contributed by atoms with Gasteiger partial charge in [0.15, 0.2) is 10.8 Å². The van der Waals surface area contributed by atoms with E-state index in [9.17, 15) is 0 Å². The fourth-order valence-corrected chi connectivity index (χ4v) is 2.43. The number of fused-ring (bicyclic) bond motifs is 1. The number of rotatable bonds is 4. The third kappa shape index (κ3) is 2.91. The van der Waals surface area contributed by atoms with E-state index in [1.165, 1.54) is 11.8 Å². The molecule has 3 aromatic rings. The van der Waals surface area contributed by atoms with Crippen molar-refractivity contribution in [3.05, 3.63) is 36.5 Å². The minimum absolute atomic E-state index is 0.0710. The number of H-pyrrole nitrogens is 1. The van der Waals surface area contributed by atoms with Gasteiger partial charge in [-0.25, -0.2) is 9.97 Å². The Kier molecular flexibility index (Phi) is 3.56. The van der Waals surface area contributed by atoms with E-state index in [4.69, 9.17) is 4.74 Å². The zero-order valence-corrected chi connectivity index (χ0v) is 12.0. The van der Waals surface area contributed by atoms with Crippen LogP contribution in [0.15, 0.2) is 46.6 Å². The van der Waals surface area contributed by atoms with Gasteiger partial charge in [0.1, 0.15) is 5.52 Å². The van der Waals surface area contributed by atoms with Gasteiger partial charge in [0.05, 0.1) is 12.3 Å². The van der Waals surface area contributed by atoms with Crippen molar-refractivity contribution in [2.24, 2.45) is 0 Å². The zero-order valence-electron chi connectivity index (χ0n) is 11.2. The van der Waals surface area contributed by atoms with E-state index < -0.39 is 0 Å². The van der Waals surface area contributed by atoms with Gasteiger partial charge in [-0.3, -0.25) is 0 Å². The number of ether oxygens (including phenoxy) is 1. The molecule has 1 N–H and O–H groups in total. The Balaban J connectivity index is 1.86. The molecule has 0 unspecified atom stereocenters. The van der Waals surface area contributed by atoms with Crippen molar-refractivity contribution < 1.29 is 4.74 Å². The molecule has 20 heavy (non-hydrogen) atoms. The molecule has 102 valence electrons. The van der Waals surface area contributed by atoms with Crippen LogP contribution in [0.1, 0.15) is 13.8 Å². The Morgan fingerprint density at radius 1 is 1.15 bits per heavy atom. The minimum Gasteiger partial charge on any atom is -0.462 e. The first-order valence-corrected chi connectivity index (χ1v) is 7.14.